The summed E-state index contributed by atoms with van der Waals surface area (Å²) in [6.45, 7) is 0. The largest absolute Gasteiger partial charge is 0.463 e. The molecule has 4 rings (SSSR count). The lowest BCUT2D eigenvalue weighted by atomic mass is 10.1. The zero-order chi connectivity index (χ0) is 14.9. The van der Waals surface area contributed by atoms with Crippen LogP contribution in [0, 0.1) is 0 Å². The van der Waals surface area contributed by atoms with E-state index in [1.54, 1.807) is 6.26 Å². The van der Waals surface area contributed by atoms with E-state index in [1.807, 2.05) is 42.7 Å². The van der Waals surface area contributed by atoms with Gasteiger partial charge in [0, 0.05) is 11.3 Å². The quantitative estimate of drug-likeness (QED) is 0.727. The number of fused-ring (bicyclic) bond motifs is 3. The Bertz CT molecular complexity index is 807. The summed E-state index contributed by atoms with van der Waals surface area (Å²) in [6, 6.07) is 11.5. The number of thioether (sulfide) groups is 1. The van der Waals surface area contributed by atoms with E-state index in [0.717, 1.165) is 11.3 Å². The number of anilines is 1. The van der Waals surface area contributed by atoms with Crippen LogP contribution in [0.15, 0.2) is 52.2 Å². The predicted octanol–water partition coefficient (Wildman–Crippen LogP) is 3.36. The second-order valence-corrected chi connectivity index (χ2v) is 5.43. The number of nitrogens with zero attached hydrogens (tertiary/aromatic N) is 3. The highest BCUT2D eigenvalue weighted by molar-refractivity contribution is 7.98. The van der Waals surface area contributed by atoms with E-state index in [9.17, 15) is 0 Å². The molecule has 1 aliphatic heterocycles. The molecule has 0 bridgehead atoms. The SMILES string of the molecule is CSc1nnc2c(n1)OC(c1ccco1)Nc1ccccc1-2. The molecule has 0 amide bonds. The van der Waals surface area contributed by atoms with E-state index < -0.39 is 6.23 Å². The molecule has 2 aromatic heterocycles. The summed E-state index contributed by atoms with van der Waals surface area (Å²) in [5, 5.41) is 12.3. The van der Waals surface area contributed by atoms with Gasteiger partial charge in [0.15, 0.2) is 11.5 Å². The van der Waals surface area contributed by atoms with Crippen molar-refractivity contribution in [2.45, 2.75) is 11.4 Å². The molecule has 3 heterocycles. The lowest BCUT2D eigenvalue weighted by molar-refractivity contribution is 0.195. The number of para-hydroxylation sites is 1. The second-order valence-electron chi connectivity index (χ2n) is 4.66. The standard InChI is InChI=1S/C15H12N4O2S/c1-22-15-17-14-12(18-19-15)9-5-2-3-6-10(9)16-13(21-14)11-7-4-8-20-11/h2-8,13,16H,1H3. The van der Waals surface area contributed by atoms with Crippen LogP contribution >= 0.6 is 11.8 Å². The summed E-state index contributed by atoms with van der Waals surface area (Å²) < 4.78 is 11.5. The molecule has 6 nitrogen and oxygen atoms in total. The molecule has 22 heavy (non-hydrogen) atoms. The smallest absolute Gasteiger partial charge is 0.247 e. The van der Waals surface area contributed by atoms with Gasteiger partial charge < -0.3 is 14.5 Å². The minimum absolute atomic E-state index is 0.443. The number of nitrogens with one attached hydrogen (secondary N) is 1. The van der Waals surface area contributed by atoms with E-state index in [1.165, 1.54) is 11.8 Å². The number of ether oxygens (including phenoxy) is 1. The number of aromatic nitrogens is 3. The molecular formula is C15H12N4O2S. The Balaban J connectivity index is 1.88. The Labute approximate surface area is 130 Å². The van der Waals surface area contributed by atoms with E-state index in [2.05, 4.69) is 20.5 Å². The molecule has 0 radical (unpaired) electrons. The molecule has 3 aromatic rings. The molecule has 0 spiro atoms. The van der Waals surface area contributed by atoms with Gasteiger partial charge in [0.2, 0.25) is 17.3 Å². The van der Waals surface area contributed by atoms with Gasteiger partial charge in [0.1, 0.15) is 0 Å². The topological polar surface area (TPSA) is 73.1 Å². The van der Waals surface area contributed by atoms with Crippen LogP contribution in [-0.4, -0.2) is 21.4 Å². The third-order valence-electron chi connectivity index (χ3n) is 3.32. The fourth-order valence-electron chi connectivity index (χ4n) is 2.30. The lowest BCUT2D eigenvalue weighted by Crippen LogP contribution is -2.16. The van der Waals surface area contributed by atoms with Gasteiger partial charge in [0.05, 0.1) is 6.26 Å². The molecular weight excluding hydrogens is 300 g/mol. The highest BCUT2D eigenvalue weighted by atomic mass is 32.2. The number of furan rings is 1. The van der Waals surface area contributed by atoms with Gasteiger partial charge in [-0.3, -0.25) is 0 Å². The van der Waals surface area contributed by atoms with Crippen molar-refractivity contribution in [1.82, 2.24) is 15.2 Å². The third-order valence-corrected chi connectivity index (χ3v) is 3.86. The van der Waals surface area contributed by atoms with Crippen molar-refractivity contribution in [3.05, 3.63) is 48.4 Å². The minimum atomic E-state index is -0.469. The first-order valence-corrected chi connectivity index (χ1v) is 7.92. The molecule has 0 fully saturated rings. The second kappa shape index (κ2) is 5.34. The van der Waals surface area contributed by atoms with Crippen molar-refractivity contribution in [2.75, 3.05) is 11.6 Å². The zero-order valence-corrected chi connectivity index (χ0v) is 12.5. The maximum atomic E-state index is 5.99. The summed E-state index contributed by atoms with van der Waals surface area (Å²) >= 11 is 1.42. The maximum Gasteiger partial charge on any atom is 0.247 e. The summed E-state index contributed by atoms with van der Waals surface area (Å²) in [4.78, 5) is 4.44. The zero-order valence-electron chi connectivity index (χ0n) is 11.7. The molecule has 1 aromatic carbocycles. The first-order chi connectivity index (χ1) is 10.8. The van der Waals surface area contributed by atoms with Crippen LogP contribution in [0.4, 0.5) is 5.69 Å². The number of rotatable bonds is 2. The van der Waals surface area contributed by atoms with E-state index in [0.29, 0.717) is 22.5 Å². The van der Waals surface area contributed by atoms with Crippen LogP contribution in [0.5, 0.6) is 5.88 Å². The highest BCUT2D eigenvalue weighted by Crippen LogP contribution is 2.39. The van der Waals surface area contributed by atoms with E-state index >= 15 is 0 Å². The molecule has 0 aliphatic carbocycles. The maximum absolute atomic E-state index is 5.99. The van der Waals surface area contributed by atoms with E-state index in [-0.39, 0.29) is 0 Å². The first kappa shape index (κ1) is 13.1. The molecule has 1 N–H and O–H groups in total. The van der Waals surface area contributed by atoms with E-state index in [4.69, 9.17) is 9.15 Å². The van der Waals surface area contributed by atoms with Crippen molar-refractivity contribution in [2.24, 2.45) is 0 Å². The highest BCUT2D eigenvalue weighted by Gasteiger charge is 2.27. The van der Waals surface area contributed by atoms with Crippen LogP contribution in [-0.2, 0) is 0 Å². The van der Waals surface area contributed by atoms with Crippen molar-refractivity contribution in [3.8, 4) is 17.1 Å². The van der Waals surface area contributed by atoms with Gasteiger partial charge in [-0.25, -0.2) is 0 Å². The van der Waals surface area contributed by atoms with Gasteiger partial charge in [-0.1, -0.05) is 30.0 Å². The van der Waals surface area contributed by atoms with Crippen LogP contribution in [0.2, 0.25) is 0 Å². The summed E-state index contributed by atoms with van der Waals surface area (Å²) in [5.74, 6) is 1.12. The lowest BCUT2D eigenvalue weighted by Gasteiger charge is -2.16. The average molecular weight is 312 g/mol. The molecule has 0 saturated carbocycles. The average Bonchev–Trinajstić information content (AvgIpc) is 3.04. The Morgan fingerprint density at radius 3 is 2.86 bits per heavy atom. The molecule has 0 saturated heterocycles. The number of hydrogen-bond donors (Lipinski definition) is 1. The van der Waals surface area contributed by atoms with Gasteiger partial charge >= 0.3 is 0 Å². The first-order valence-electron chi connectivity index (χ1n) is 6.70. The predicted molar refractivity (Wildman–Crippen MR) is 82.7 cm³/mol. The Morgan fingerprint density at radius 1 is 1.14 bits per heavy atom. The minimum Gasteiger partial charge on any atom is -0.463 e. The normalized spacial score (nSPS) is 16.0. The summed E-state index contributed by atoms with van der Waals surface area (Å²) in [5.41, 5.74) is 2.42. The number of hydrogen-bond acceptors (Lipinski definition) is 7. The molecule has 1 aliphatic rings. The van der Waals surface area contributed by atoms with Crippen molar-refractivity contribution in [3.63, 3.8) is 0 Å². The number of benzene rings is 1. The van der Waals surface area contributed by atoms with Gasteiger partial charge in [-0.05, 0) is 24.5 Å². The Kier molecular flexibility index (Phi) is 3.19. The third kappa shape index (κ3) is 2.19. The van der Waals surface area contributed by atoms with Crippen LogP contribution < -0.4 is 10.1 Å². The molecule has 1 unspecified atom stereocenters. The van der Waals surface area contributed by atoms with Gasteiger partial charge in [-0.15, -0.1) is 10.2 Å². The molecule has 1 atom stereocenters. The fourth-order valence-corrected chi connectivity index (χ4v) is 2.60. The molecule has 110 valence electrons. The van der Waals surface area contributed by atoms with Crippen molar-refractivity contribution >= 4 is 17.4 Å². The Hall–Kier alpha value is -2.54. The summed E-state index contributed by atoms with van der Waals surface area (Å²) in [6.07, 6.45) is 3.05. The van der Waals surface area contributed by atoms with Gasteiger partial charge in [0.25, 0.3) is 0 Å². The summed E-state index contributed by atoms with van der Waals surface area (Å²) in [7, 11) is 0. The molecule has 7 heteroatoms. The van der Waals surface area contributed by atoms with Crippen LogP contribution in [0.25, 0.3) is 11.3 Å². The van der Waals surface area contributed by atoms with Gasteiger partial charge in [-0.2, -0.15) is 4.98 Å². The Morgan fingerprint density at radius 2 is 2.05 bits per heavy atom. The monoisotopic (exact) mass is 312 g/mol. The fraction of sp³-hybridized carbons (Fsp3) is 0.133. The van der Waals surface area contributed by atoms with Crippen molar-refractivity contribution < 1.29 is 9.15 Å². The van der Waals surface area contributed by atoms with Crippen LogP contribution in [0.3, 0.4) is 0 Å². The van der Waals surface area contributed by atoms with Crippen molar-refractivity contribution in [1.29, 1.82) is 0 Å². The van der Waals surface area contributed by atoms with Crippen LogP contribution in [0.1, 0.15) is 12.0 Å².